The summed E-state index contributed by atoms with van der Waals surface area (Å²) in [6.07, 6.45) is 0. The van der Waals surface area contributed by atoms with Crippen molar-refractivity contribution in [2.24, 2.45) is 0 Å². The Kier molecular flexibility index (Phi) is 4.96. The van der Waals surface area contributed by atoms with Crippen molar-refractivity contribution in [2.75, 3.05) is 5.75 Å². The molecule has 0 spiro atoms. The summed E-state index contributed by atoms with van der Waals surface area (Å²) in [6, 6.07) is 5.16. The van der Waals surface area contributed by atoms with Crippen LogP contribution in [-0.4, -0.2) is 28.8 Å². The van der Waals surface area contributed by atoms with Gasteiger partial charge in [-0.05, 0) is 19.1 Å². The van der Waals surface area contributed by atoms with Gasteiger partial charge in [-0.2, -0.15) is 0 Å². The topological polar surface area (TPSA) is 66.4 Å². The Hall–Kier alpha value is -1.56. The number of carboxylic acid groups (broad SMARTS) is 1. The highest BCUT2D eigenvalue weighted by Crippen LogP contribution is 2.20. The van der Waals surface area contributed by atoms with Crippen LogP contribution in [0.4, 0.5) is 4.39 Å². The molecule has 4 nitrogen and oxygen atoms in total. The molecule has 0 heterocycles. The smallest absolute Gasteiger partial charge is 0.325 e. The van der Waals surface area contributed by atoms with E-state index in [1.165, 1.54) is 13.0 Å². The molecule has 0 saturated carbocycles. The van der Waals surface area contributed by atoms with Crippen LogP contribution in [0.5, 0.6) is 0 Å². The number of carboxylic acids is 1. The number of rotatable bonds is 5. The lowest BCUT2D eigenvalue weighted by atomic mass is 10.3. The van der Waals surface area contributed by atoms with Crippen molar-refractivity contribution >= 4 is 23.6 Å². The fourth-order valence-corrected chi connectivity index (χ4v) is 1.80. The number of hydrogen-bond donors (Lipinski definition) is 2. The SMILES string of the molecule is C[C@@H](NC(=O)CSc1ccccc1F)C(=O)O. The number of amides is 1. The molecule has 0 saturated heterocycles. The molecule has 1 atom stereocenters. The van der Waals surface area contributed by atoms with Crippen molar-refractivity contribution in [1.29, 1.82) is 0 Å². The average Bonchev–Trinajstić information content (AvgIpc) is 2.27. The predicted molar refractivity (Wildman–Crippen MR) is 62.4 cm³/mol. The van der Waals surface area contributed by atoms with Gasteiger partial charge in [-0.3, -0.25) is 9.59 Å². The minimum atomic E-state index is -1.10. The lowest BCUT2D eigenvalue weighted by molar-refractivity contribution is -0.140. The van der Waals surface area contributed by atoms with Crippen LogP contribution in [0.1, 0.15) is 6.92 Å². The first-order valence-electron chi connectivity index (χ1n) is 4.90. The molecule has 1 rings (SSSR count). The zero-order valence-corrected chi connectivity index (χ0v) is 9.96. The molecule has 0 unspecified atom stereocenters. The van der Waals surface area contributed by atoms with Crippen LogP contribution in [0.25, 0.3) is 0 Å². The Labute approximate surface area is 102 Å². The van der Waals surface area contributed by atoms with Crippen LogP contribution in [0, 0.1) is 5.82 Å². The van der Waals surface area contributed by atoms with Crippen molar-refractivity contribution in [2.45, 2.75) is 17.9 Å². The van der Waals surface area contributed by atoms with E-state index in [9.17, 15) is 14.0 Å². The maximum absolute atomic E-state index is 13.2. The van der Waals surface area contributed by atoms with Gasteiger partial charge in [0.2, 0.25) is 5.91 Å². The zero-order valence-electron chi connectivity index (χ0n) is 9.14. The first-order valence-corrected chi connectivity index (χ1v) is 5.88. The third-order valence-corrected chi connectivity index (χ3v) is 2.99. The quantitative estimate of drug-likeness (QED) is 0.785. The van der Waals surface area contributed by atoms with Crippen LogP contribution in [0.3, 0.4) is 0 Å². The van der Waals surface area contributed by atoms with Crippen molar-refractivity contribution in [1.82, 2.24) is 5.32 Å². The average molecular weight is 257 g/mol. The minimum absolute atomic E-state index is 0.0153. The van der Waals surface area contributed by atoms with Crippen LogP contribution in [0.15, 0.2) is 29.2 Å². The van der Waals surface area contributed by atoms with Crippen LogP contribution >= 0.6 is 11.8 Å². The maximum atomic E-state index is 13.2. The van der Waals surface area contributed by atoms with E-state index < -0.39 is 23.7 Å². The summed E-state index contributed by atoms with van der Waals surface area (Å²) < 4.78 is 13.2. The monoisotopic (exact) mass is 257 g/mol. The van der Waals surface area contributed by atoms with Gasteiger partial charge in [0.05, 0.1) is 5.75 Å². The second-order valence-corrected chi connectivity index (χ2v) is 4.36. The lowest BCUT2D eigenvalue weighted by Crippen LogP contribution is -2.39. The highest BCUT2D eigenvalue weighted by molar-refractivity contribution is 8.00. The second-order valence-electron chi connectivity index (χ2n) is 3.35. The van der Waals surface area contributed by atoms with Gasteiger partial charge in [0.15, 0.2) is 0 Å². The van der Waals surface area contributed by atoms with Gasteiger partial charge in [0.25, 0.3) is 0 Å². The number of hydrogen-bond acceptors (Lipinski definition) is 3. The molecule has 0 bridgehead atoms. The zero-order chi connectivity index (χ0) is 12.8. The molecule has 1 aromatic carbocycles. The summed E-state index contributed by atoms with van der Waals surface area (Å²) in [5.74, 6) is -1.95. The number of aliphatic carboxylic acids is 1. The van der Waals surface area contributed by atoms with Crippen molar-refractivity contribution in [3.8, 4) is 0 Å². The molecular formula is C11H12FNO3S. The predicted octanol–water partition coefficient (Wildman–Crippen LogP) is 1.51. The fourth-order valence-electron chi connectivity index (χ4n) is 1.05. The van der Waals surface area contributed by atoms with Gasteiger partial charge in [-0.25, -0.2) is 4.39 Å². The number of nitrogens with one attached hydrogen (secondary N) is 1. The number of carbonyl (C=O) groups excluding carboxylic acids is 1. The third-order valence-electron chi connectivity index (χ3n) is 1.94. The number of carbonyl (C=O) groups is 2. The number of halogens is 1. The fraction of sp³-hybridized carbons (Fsp3) is 0.273. The van der Waals surface area contributed by atoms with Crippen molar-refractivity contribution < 1.29 is 19.1 Å². The molecule has 92 valence electrons. The van der Waals surface area contributed by atoms with Gasteiger partial charge in [-0.15, -0.1) is 11.8 Å². The van der Waals surface area contributed by atoms with Crippen LogP contribution < -0.4 is 5.32 Å². The summed E-state index contributed by atoms with van der Waals surface area (Å²) in [7, 11) is 0. The Morgan fingerprint density at radius 2 is 2.12 bits per heavy atom. The molecule has 0 fully saturated rings. The highest BCUT2D eigenvalue weighted by Gasteiger charge is 2.14. The van der Waals surface area contributed by atoms with E-state index in [0.717, 1.165) is 11.8 Å². The molecule has 17 heavy (non-hydrogen) atoms. The summed E-state index contributed by atoms with van der Waals surface area (Å²) in [4.78, 5) is 22.2. The van der Waals surface area contributed by atoms with E-state index in [4.69, 9.17) is 5.11 Å². The lowest BCUT2D eigenvalue weighted by Gasteiger charge is -2.08. The summed E-state index contributed by atoms with van der Waals surface area (Å²) in [5, 5.41) is 10.9. The van der Waals surface area contributed by atoms with E-state index >= 15 is 0 Å². The van der Waals surface area contributed by atoms with Gasteiger partial charge in [0, 0.05) is 4.90 Å². The summed E-state index contributed by atoms with van der Waals surface area (Å²) in [5.41, 5.74) is 0. The molecule has 6 heteroatoms. The summed E-state index contributed by atoms with van der Waals surface area (Å²) >= 11 is 1.03. The first-order chi connectivity index (χ1) is 8.00. The number of benzene rings is 1. The van der Waals surface area contributed by atoms with Crippen molar-refractivity contribution in [3.05, 3.63) is 30.1 Å². The van der Waals surface area contributed by atoms with E-state index in [2.05, 4.69) is 5.32 Å². The van der Waals surface area contributed by atoms with E-state index in [1.807, 2.05) is 0 Å². The van der Waals surface area contributed by atoms with E-state index in [-0.39, 0.29) is 5.75 Å². The molecule has 0 aliphatic carbocycles. The largest absolute Gasteiger partial charge is 0.480 e. The molecule has 0 aliphatic heterocycles. The maximum Gasteiger partial charge on any atom is 0.325 e. The Morgan fingerprint density at radius 3 is 2.71 bits per heavy atom. The Balaban J connectivity index is 2.44. The highest BCUT2D eigenvalue weighted by atomic mass is 32.2. The summed E-state index contributed by atoms with van der Waals surface area (Å²) in [6.45, 7) is 1.37. The molecule has 0 aromatic heterocycles. The molecule has 1 aromatic rings. The van der Waals surface area contributed by atoms with E-state index in [0.29, 0.717) is 4.90 Å². The standard InChI is InChI=1S/C11H12FNO3S/c1-7(11(15)16)13-10(14)6-17-9-5-3-2-4-8(9)12/h2-5,7H,6H2,1H3,(H,13,14)(H,15,16)/t7-/m1/s1. The normalized spacial score (nSPS) is 11.9. The molecular weight excluding hydrogens is 245 g/mol. The number of thioether (sulfide) groups is 1. The van der Waals surface area contributed by atoms with Gasteiger partial charge in [-0.1, -0.05) is 12.1 Å². The Bertz CT molecular complexity index is 425. The van der Waals surface area contributed by atoms with Crippen LogP contribution in [-0.2, 0) is 9.59 Å². The van der Waals surface area contributed by atoms with Gasteiger partial charge in [0.1, 0.15) is 11.9 Å². The Morgan fingerprint density at radius 1 is 1.47 bits per heavy atom. The van der Waals surface area contributed by atoms with Crippen molar-refractivity contribution in [3.63, 3.8) is 0 Å². The minimum Gasteiger partial charge on any atom is -0.480 e. The molecule has 1 amide bonds. The van der Waals surface area contributed by atoms with Gasteiger partial charge >= 0.3 is 5.97 Å². The first kappa shape index (κ1) is 13.5. The molecule has 0 radical (unpaired) electrons. The molecule has 2 N–H and O–H groups in total. The van der Waals surface area contributed by atoms with E-state index in [1.54, 1.807) is 18.2 Å². The molecule has 0 aliphatic rings. The van der Waals surface area contributed by atoms with Crippen LogP contribution in [0.2, 0.25) is 0 Å². The third kappa shape index (κ3) is 4.44. The second kappa shape index (κ2) is 6.24. The van der Waals surface area contributed by atoms with Gasteiger partial charge < -0.3 is 10.4 Å².